The first-order valence-electron chi connectivity index (χ1n) is 9.06. The highest BCUT2D eigenvalue weighted by atomic mass is 16.2. The third kappa shape index (κ3) is 3.73. The number of hydrogen-bond acceptors (Lipinski definition) is 3. The van der Waals surface area contributed by atoms with Gasteiger partial charge in [0, 0.05) is 6.04 Å². The Morgan fingerprint density at radius 3 is 2.46 bits per heavy atom. The second kappa shape index (κ2) is 6.73. The van der Waals surface area contributed by atoms with Gasteiger partial charge in [0.15, 0.2) is 0 Å². The van der Waals surface area contributed by atoms with Gasteiger partial charge >= 0.3 is 6.03 Å². The fraction of sp³-hybridized carbons (Fsp3) is 0.833. The van der Waals surface area contributed by atoms with Crippen LogP contribution in [0.3, 0.4) is 0 Å². The number of carbonyl (C=O) groups excluding carboxylic acids is 3. The molecule has 2 rings (SSSR count). The molecular weight excluding hydrogens is 306 g/mol. The quantitative estimate of drug-likeness (QED) is 0.756. The maximum Gasteiger partial charge on any atom is 0.325 e. The number of imide groups is 1. The van der Waals surface area contributed by atoms with Crippen molar-refractivity contribution in [2.24, 2.45) is 11.3 Å². The molecule has 0 aromatic rings. The van der Waals surface area contributed by atoms with Crippen molar-refractivity contribution in [2.75, 3.05) is 6.54 Å². The van der Waals surface area contributed by atoms with Gasteiger partial charge < -0.3 is 10.6 Å². The Bertz CT molecular complexity index is 528. The second-order valence-electron chi connectivity index (χ2n) is 8.34. The standard InChI is InChI=1S/C18H31N3O3/c1-6-13(7-2)19-14(22)10-21-15(23)18(20-16(21)24)9-12(3)8-17(4,5)11-18/h12-13H,6-11H2,1-5H3,(H,19,22)(H,20,24). The molecule has 1 spiro atoms. The molecule has 4 amide bonds. The minimum atomic E-state index is -0.840. The Labute approximate surface area is 144 Å². The van der Waals surface area contributed by atoms with Crippen molar-refractivity contribution < 1.29 is 14.4 Å². The third-order valence-electron chi connectivity index (χ3n) is 5.28. The minimum absolute atomic E-state index is 0.00556. The molecule has 24 heavy (non-hydrogen) atoms. The lowest BCUT2D eigenvalue weighted by Gasteiger charge is -2.43. The summed E-state index contributed by atoms with van der Waals surface area (Å²) in [6.07, 6.45) is 3.97. The van der Waals surface area contributed by atoms with Gasteiger partial charge in [-0.1, -0.05) is 34.6 Å². The van der Waals surface area contributed by atoms with Gasteiger partial charge in [0.05, 0.1) is 0 Å². The number of rotatable bonds is 5. The third-order valence-corrected chi connectivity index (χ3v) is 5.28. The van der Waals surface area contributed by atoms with Crippen molar-refractivity contribution in [2.45, 2.75) is 78.3 Å². The second-order valence-corrected chi connectivity index (χ2v) is 8.34. The van der Waals surface area contributed by atoms with Crippen molar-refractivity contribution in [1.29, 1.82) is 0 Å². The van der Waals surface area contributed by atoms with Gasteiger partial charge in [-0.3, -0.25) is 14.5 Å². The van der Waals surface area contributed by atoms with Crippen molar-refractivity contribution in [1.82, 2.24) is 15.5 Å². The lowest BCUT2D eigenvalue weighted by atomic mass is 9.64. The van der Waals surface area contributed by atoms with Crippen LogP contribution in [0.5, 0.6) is 0 Å². The number of amides is 4. The summed E-state index contributed by atoms with van der Waals surface area (Å²) in [5.41, 5.74) is -0.845. The molecule has 136 valence electrons. The molecule has 2 N–H and O–H groups in total. The molecule has 2 fully saturated rings. The summed E-state index contributed by atoms with van der Waals surface area (Å²) < 4.78 is 0. The van der Waals surface area contributed by atoms with Crippen LogP contribution in [0.15, 0.2) is 0 Å². The maximum absolute atomic E-state index is 12.9. The number of nitrogens with zero attached hydrogens (tertiary/aromatic N) is 1. The first-order valence-corrected chi connectivity index (χ1v) is 9.06. The summed E-state index contributed by atoms with van der Waals surface area (Å²) in [6, 6.07) is -0.356. The number of carbonyl (C=O) groups is 3. The molecule has 2 aliphatic rings. The molecule has 0 aromatic heterocycles. The van der Waals surface area contributed by atoms with Gasteiger partial charge in [0.2, 0.25) is 5.91 Å². The van der Waals surface area contributed by atoms with E-state index < -0.39 is 11.6 Å². The molecular formula is C18H31N3O3. The predicted octanol–water partition coefficient (Wildman–Crippen LogP) is 2.43. The normalized spacial score (nSPS) is 29.2. The van der Waals surface area contributed by atoms with Crippen LogP contribution in [0.2, 0.25) is 0 Å². The molecule has 0 bridgehead atoms. The van der Waals surface area contributed by atoms with Crippen LogP contribution >= 0.6 is 0 Å². The van der Waals surface area contributed by atoms with Crippen LogP contribution in [0.1, 0.15) is 66.7 Å². The van der Waals surface area contributed by atoms with E-state index in [9.17, 15) is 14.4 Å². The van der Waals surface area contributed by atoms with Gasteiger partial charge in [-0.2, -0.15) is 0 Å². The largest absolute Gasteiger partial charge is 0.352 e. The lowest BCUT2D eigenvalue weighted by molar-refractivity contribution is -0.137. The highest BCUT2D eigenvalue weighted by Gasteiger charge is 2.56. The molecule has 0 aromatic carbocycles. The van der Waals surface area contributed by atoms with Crippen LogP contribution < -0.4 is 10.6 Å². The van der Waals surface area contributed by atoms with Crippen LogP contribution in [-0.4, -0.2) is 40.9 Å². The summed E-state index contributed by atoms with van der Waals surface area (Å²) in [5.74, 6) is -0.157. The number of nitrogens with one attached hydrogen (secondary N) is 2. The van der Waals surface area contributed by atoms with E-state index in [1.165, 1.54) is 0 Å². The zero-order valence-corrected chi connectivity index (χ0v) is 15.6. The monoisotopic (exact) mass is 337 g/mol. The highest BCUT2D eigenvalue weighted by Crippen LogP contribution is 2.46. The van der Waals surface area contributed by atoms with E-state index in [0.29, 0.717) is 18.8 Å². The molecule has 0 radical (unpaired) electrons. The average Bonchev–Trinajstić information content (AvgIpc) is 2.66. The molecule has 2 unspecified atom stereocenters. The molecule has 1 saturated carbocycles. The Kier molecular flexibility index (Phi) is 5.25. The fourth-order valence-corrected chi connectivity index (χ4v) is 4.56. The van der Waals surface area contributed by atoms with Gasteiger partial charge in [-0.15, -0.1) is 0 Å². The van der Waals surface area contributed by atoms with Crippen molar-refractivity contribution in [3.05, 3.63) is 0 Å². The molecule has 1 aliphatic carbocycles. The molecule has 2 atom stereocenters. The smallest absolute Gasteiger partial charge is 0.325 e. The molecule has 6 nitrogen and oxygen atoms in total. The van der Waals surface area contributed by atoms with E-state index in [0.717, 1.165) is 24.2 Å². The van der Waals surface area contributed by atoms with Gasteiger partial charge in [0.1, 0.15) is 12.1 Å². The molecule has 6 heteroatoms. The zero-order valence-electron chi connectivity index (χ0n) is 15.6. The van der Waals surface area contributed by atoms with E-state index >= 15 is 0 Å². The van der Waals surface area contributed by atoms with E-state index in [-0.39, 0.29) is 29.8 Å². The Morgan fingerprint density at radius 2 is 1.92 bits per heavy atom. The summed E-state index contributed by atoms with van der Waals surface area (Å²) in [6.45, 7) is 10.2. The van der Waals surface area contributed by atoms with Crippen molar-refractivity contribution in [3.63, 3.8) is 0 Å². The summed E-state index contributed by atoms with van der Waals surface area (Å²) >= 11 is 0. The summed E-state index contributed by atoms with van der Waals surface area (Å²) in [5, 5.41) is 5.79. The lowest BCUT2D eigenvalue weighted by Crippen LogP contribution is -2.54. The maximum atomic E-state index is 12.9. The van der Waals surface area contributed by atoms with Crippen LogP contribution in [0, 0.1) is 11.3 Å². The van der Waals surface area contributed by atoms with Gasteiger partial charge in [-0.25, -0.2) is 4.79 Å². The van der Waals surface area contributed by atoms with E-state index in [2.05, 4.69) is 31.4 Å². The average molecular weight is 337 g/mol. The number of urea groups is 1. The van der Waals surface area contributed by atoms with Crippen LogP contribution in [-0.2, 0) is 9.59 Å². The van der Waals surface area contributed by atoms with E-state index in [4.69, 9.17) is 0 Å². The molecule has 1 saturated heterocycles. The SMILES string of the molecule is CCC(CC)NC(=O)CN1C(=O)NC2(CC(C)CC(C)(C)C2)C1=O. The number of hydrogen-bond donors (Lipinski definition) is 2. The fourth-order valence-electron chi connectivity index (χ4n) is 4.56. The van der Waals surface area contributed by atoms with Crippen molar-refractivity contribution in [3.8, 4) is 0 Å². The Morgan fingerprint density at radius 1 is 1.29 bits per heavy atom. The van der Waals surface area contributed by atoms with Gasteiger partial charge in [0.25, 0.3) is 5.91 Å². The first kappa shape index (κ1) is 18.7. The summed E-state index contributed by atoms with van der Waals surface area (Å²) in [4.78, 5) is 38.6. The highest BCUT2D eigenvalue weighted by molar-refractivity contribution is 6.09. The van der Waals surface area contributed by atoms with E-state index in [1.54, 1.807) is 0 Å². The zero-order chi connectivity index (χ0) is 18.1. The molecule has 1 aliphatic heterocycles. The predicted molar refractivity (Wildman–Crippen MR) is 92.3 cm³/mol. The minimum Gasteiger partial charge on any atom is -0.352 e. The Hall–Kier alpha value is -1.59. The summed E-state index contributed by atoms with van der Waals surface area (Å²) in [7, 11) is 0. The topological polar surface area (TPSA) is 78.5 Å². The van der Waals surface area contributed by atoms with Crippen LogP contribution in [0.4, 0.5) is 4.79 Å². The first-order chi connectivity index (χ1) is 11.1. The van der Waals surface area contributed by atoms with Gasteiger partial charge in [-0.05, 0) is 43.4 Å². The van der Waals surface area contributed by atoms with Crippen molar-refractivity contribution >= 4 is 17.8 Å². The molecule has 1 heterocycles. The Balaban J connectivity index is 2.10. The van der Waals surface area contributed by atoms with Crippen LogP contribution in [0.25, 0.3) is 0 Å². The van der Waals surface area contributed by atoms with E-state index in [1.807, 2.05) is 13.8 Å².